The van der Waals surface area contributed by atoms with Crippen LogP contribution in [-0.4, -0.2) is 14.8 Å². The Hall–Kier alpha value is -3.63. The van der Waals surface area contributed by atoms with Crippen molar-refractivity contribution < 1.29 is 4.42 Å². The van der Waals surface area contributed by atoms with Gasteiger partial charge in [-0.3, -0.25) is 9.48 Å². The van der Waals surface area contributed by atoms with Gasteiger partial charge in [0.2, 0.25) is 0 Å². The van der Waals surface area contributed by atoms with Crippen LogP contribution >= 0.6 is 11.6 Å². The minimum Gasteiger partial charge on any atom is -0.454 e. The quantitative estimate of drug-likeness (QED) is 0.431. The molecule has 0 fully saturated rings. The largest absolute Gasteiger partial charge is 0.454 e. The lowest BCUT2D eigenvalue weighted by molar-refractivity contribution is 0.594. The summed E-state index contributed by atoms with van der Waals surface area (Å²) in [6, 6.07) is 10.8. The molecule has 1 N–H and O–H groups in total. The second kappa shape index (κ2) is 8.13. The molecule has 0 saturated carbocycles. The first-order chi connectivity index (χ1) is 15.2. The topological polar surface area (TPSA) is 96.7 Å². The van der Waals surface area contributed by atoms with E-state index in [2.05, 4.69) is 21.5 Å². The zero-order valence-electron chi connectivity index (χ0n) is 18.4. The third kappa shape index (κ3) is 3.74. The van der Waals surface area contributed by atoms with Gasteiger partial charge in [-0.25, -0.2) is 4.98 Å². The van der Waals surface area contributed by atoms with Crippen LogP contribution in [0.4, 0.5) is 5.69 Å². The average molecular weight is 448 g/mol. The first kappa shape index (κ1) is 21.6. The van der Waals surface area contributed by atoms with Gasteiger partial charge in [0.15, 0.2) is 16.9 Å². The molecule has 7 nitrogen and oxygen atoms in total. The maximum absolute atomic E-state index is 13.3. The standard InChI is InChI=1S/C24H22ClN5O2/c1-12-8-16(15(4)27-18-6-7-21(25)28-19(18)11-26)24-17(9-12)22(31)14(3)23(32-24)20-10-13(2)29-30(20)5/h6-10,15,27H,1-5H3. The first-order valence-corrected chi connectivity index (χ1v) is 10.5. The van der Waals surface area contributed by atoms with Crippen molar-refractivity contribution in [2.75, 3.05) is 5.32 Å². The summed E-state index contributed by atoms with van der Waals surface area (Å²) in [5.74, 6) is 0.494. The molecule has 4 aromatic rings. The summed E-state index contributed by atoms with van der Waals surface area (Å²) in [5.41, 5.74) is 5.02. The molecule has 0 saturated heterocycles. The van der Waals surface area contributed by atoms with Crippen LogP contribution in [0.5, 0.6) is 0 Å². The second-order valence-electron chi connectivity index (χ2n) is 7.92. The third-order valence-electron chi connectivity index (χ3n) is 5.43. The molecule has 0 amide bonds. The Bertz CT molecular complexity index is 1460. The minimum atomic E-state index is -0.278. The number of fused-ring (bicyclic) bond motifs is 1. The molecule has 8 heteroatoms. The number of nitrogens with zero attached hydrogens (tertiary/aromatic N) is 4. The van der Waals surface area contributed by atoms with Crippen molar-refractivity contribution in [3.05, 3.63) is 73.8 Å². The van der Waals surface area contributed by atoms with Crippen molar-refractivity contribution in [2.45, 2.75) is 33.7 Å². The molecule has 1 atom stereocenters. The van der Waals surface area contributed by atoms with Crippen molar-refractivity contribution in [1.29, 1.82) is 5.26 Å². The lowest BCUT2D eigenvalue weighted by Crippen LogP contribution is -2.13. The van der Waals surface area contributed by atoms with Gasteiger partial charge in [-0.1, -0.05) is 17.7 Å². The van der Waals surface area contributed by atoms with Crippen LogP contribution in [0.25, 0.3) is 22.4 Å². The summed E-state index contributed by atoms with van der Waals surface area (Å²) in [5, 5.41) is 17.9. The van der Waals surface area contributed by atoms with Crippen LogP contribution in [0.15, 0.2) is 39.5 Å². The molecule has 0 radical (unpaired) electrons. The Morgan fingerprint density at radius 1 is 1.22 bits per heavy atom. The summed E-state index contributed by atoms with van der Waals surface area (Å²) in [6.45, 7) is 7.54. The smallest absolute Gasteiger partial charge is 0.196 e. The van der Waals surface area contributed by atoms with Crippen molar-refractivity contribution >= 4 is 28.3 Å². The van der Waals surface area contributed by atoms with Crippen molar-refractivity contribution in [3.63, 3.8) is 0 Å². The van der Waals surface area contributed by atoms with Gasteiger partial charge in [-0.05, 0) is 57.5 Å². The van der Waals surface area contributed by atoms with Crippen LogP contribution < -0.4 is 10.7 Å². The Balaban J connectivity index is 1.91. The molecule has 3 aromatic heterocycles. The molecule has 3 heterocycles. The third-order valence-corrected chi connectivity index (χ3v) is 5.64. The zero-order chi connectivity index (χ0) is 23.2. The molecular formula is C24H22ClN5O2. The number of halogens is 1. The number of nitriles is 1. The maximum Gasteiger partial charge on any atom is 0.196 e. The van der Waals surface area contributed by atoms with E-state index in [4.69, 9.17) is 16.0 Å². The Morgan fingerprint density at radius 2 is 1.97 bits per heavy atom. The molecule has 32 heavy (non-hydrogen) atoms. The highest BCUT2D eigenvalue weighted by atomic mass is 35.5. The Labute approximate surface area is 190 Å². The number of anilines is 1. The molecule has 162 valence electrons. The number of pyridine rings is 1. The van der Waals surface area contributed by atoms with E-state index in [0.29, 0.717) is 28.0 Å². The fourth-order valence-corrected chi connectivity index (χ4v) is 4.05. The van der Waals surface area contributed by atoms with Crippen LogP contribution in [0.2, 0.25) is 5.15 Å². The number of rotatable bonds is 4. The van der Waals surface area contributed by atoms with Gasteiger partial charge >= 0.3 is 0 Å². The van der Waals surface area contributed by atoms with E-state index in [1.54, 1.807) is 23.7 Å². The van der Waals surface area contributed by atoms with E-state index in [1.807, 2.05) is 46.0 Å². The van der Waals surface area contributed by atoms with Gasteiger partial charge in [0, 0.05) is 18.2 Å². The first-order valence-electron chi connectivity index (χ1n) is 10.1. The Kier molecular flexibility index (Phi) is 5.49. The van der Waals surface area contributed by atoms with E-state index in [-0.39, 0.29) is 22.3 Å². The summed E-state index contributed by atoms with van der Waals surface area (Å²) < 4.78 is 8.08. The van der Waals surface area contributed by atoms with Gasteiger partial charge in [0.1, 0.15) is 22.5 Å². The van der Waals surface area contributed by atoms with Gasteiger partial charge in [-0.15, -0.1) is 0 Å². The molecule has 0 aliphatic rings. The highest BCUT2D eigenvalue weighted by molar-refractivity contribution is 6.29. The van der Waals surface area contributed by atoms with Crippen LogP contribution in [0, 0.1) is 32.1 Å². The summed E-state index contributed by atoms with van der Waals surface area (Å²) in [7, 11) is 1.82. The minimum absolute atomic E-state index is 0.0804. The van der Waals surface area contributed by atoms with E-state index >= 15 is 0 Å². The number of hydrogen-bond acceptors (Lipinski definition) is 6. The predicted molar refractivity (Wildman–Crippen MR) is 125 cm³/mol. The van der Waals surface area contributed by atoms with Gasteiger partial charge in [-0.2, -0.15) is 10.4 Å². The average Bonchev–Trinajstić information content (AvgIpc) is 3.09. The highest BCUT2D eigenvalue weighted by Crippen LogP contribution is 2.32. The van der Waals surface area contributed by atoms with Crippen molar-refractivity contribution in [3.8, 4) is 17.5 Å². The van der Waals surface area contributed by atoms with Crippen LogP contribution in [0.3, 0.4) is 0 Å². The molecular weight excluding hydrogens is 426 g/mol. The number of benzene rings is 1. The number of aromatic nitrogens is 3. The molecule has 0 aliphatic carbocycles. The number of hydrogen-bond donors (Lipinski definition) is 1. The normalized spacial score (nSPS) is 12.0. The predicted octanol–water partition coefficient (Wildman–Crippen LogP) is 5.21. The van der Waals surface area contributed by atoms with E-state index in [1.165, 1.54) is 0 Å². The van der Waals surface area contributed by atoms with Gasteiger partial charge < -0.3 is 9.73 Å². The fraction of sp³-hybridized carbons (Fsp3) is 0.250. The second-order valence-corrected chi connectivity index (χ2v) is 8.31. The van der Waals surface area contributed by atoms with E-state index in [0.717, 1.165) is 22.5 Å². The molecule has 0 aliphatic heterocycles. The zero-order valence-corrected chi connectivity index (χ0v) is 19.2. The Morgan fingerprint density at radius 3 is 2.62 bits per heavy atom. The molecule has 0 bridgehead atoms. The highest BCUT2D eigenvalue weighted by Gasteiger charge is 2.21. The fourth-order valence-electron chi connectivity index (χ4n) is 3.90. The SMILES string of the molecule is Cc1cc(C(C)Nc2ccc(Cl)nc2C#N)c2oc(-c3cc(C)nn3C)c(C)c(=O)c2c1. The van der Waals surface area contributed by atoms with Crippen LogP contribution in [0.1, 0.15) is 41.0 Å². The monoisotopic (exact) mass is 447 g/mol. The lowest BCUT2D eigenvalue weighted by Gasteiger charge is -2.19. The summed E-state index contributed by atoms with van der Waals surface area (Å²) >= 11 is 5.92. The van der Waals surface area contributed by atoms with Gasteiger partial charge in [0.05, 0.1) is 22.8 Å². The van der Waals surface area contributed by atoms with E-state index < -0.39 is 0 Å². The van der Waals surface area contributed by atoms with Gasteiger partial charge in [0.25, 0.3) is 0 Å². The van der Waals surface area contributed by atoms with Crippen LogP contribution in [-0.2, 0) is 7.05 Å². The maximum atomic E-state index is 13.3. The molecule has 1 unspecified atom stereocenters. The van der Waals surface area contributed by atoms with E-state index in [9.17, 15) is 10.1 Å². The number of aryl methyl sites for hydroxylation is 3. The molecule has 0 spiro atoms. The summed E-state index contributed by atoms with van der Waals surface area (Å²) in [6.07, 6.45) is 0. The number of nitrogens with one attached hydrogen (secondary N) is 1. The summed E-state index contributed by atoms with van der Waals surface area (Å²) in [4.78, 5) is 17.4. The molecule has 1 aromatic carbocycles. The van der Waals surface area contributed by atoms with Crippen molar-refractivity contribution in [1.82, 2.24) is 14.8 Å². The lowest BCUT2D eigenvalue weighted by atomic mass is 9.99. The van der Waals surface area contributed by atoms with Crippen molar-refractivity contribution in [2.24, 2.45) is 7.05 Å². The molecule has 4 rings (SSSR count).